The fourth-order valence-corrected chi connectivity index (χ4v) is 2.61. The molecule has 3 aromatic rings. The van der Waals surface area contributed by atoms with Crippen LogP contribution in [0, 0.1) is 27.2 Å². The van der Waals surface area contributed by atoms with Crippen molar-refractivity contribution in [3.05, 3.63) is 61.5 Å². The van der Waals surface area contributed by atoms with Crippen molar-refractivity contribution in [3.63, 3.8) is 0 Å². The fourth-order valence-electron chi connectivity index (χ4n) is 2.39. The molecule has 2 aromatic heterocycles. The zero-order valence-corrected chi connectivity index (χ0v) is 12.4. The topological polar surface area (TPSA) is 112 Å². The Bertz CT molecular complexity index is 966. The molecular weight excluding hydrogens is 326 g/mol. The minimum Gasteiger partial charge on any atom is -0.457 e. The van der Waals surface area contributed by atoms with Crippen molar-refractivity contribution in [3.8, 4) is 11.3 Å². The lowest BCUT2D eigenvalue weighted by Crippen LogP contribution is -1.96. The van der Waals surface area contributed by atoms with E-state index in [2.05, 4.69) is 4.98 Å². The van der Waals surface area contributed by atoms with Crippen molar-refractivity contribution in [2.24, 2.45) is 0 Å². The fraction of sp³-hybridized carbons (Fsp3) is 0.0714. The van der Waals surface area contributed by atoms with E-state index in [-0.39, 0.29) is 27.7 Å². The van der Waals surface area contributed by atoms with Gasteiger partial charge in [0.1, 0.15) is 5.02 Å². The van der Waals surface area contributed by atoms with Crippen LogP contribution in [0.5, 0.6) is 0 Å². The highest BCUT2D eigenvalue weighted by atomic mass is 35.5. The SMILES string of the molecule is Cc1cc(-c2occc2[N+](=O)[O-])c2ccc(Cl)c([N+](=O)[O-])c2n1. The minimum atomic E-state index is -0.628. The summed E-state index contributed by atoms with van der Waals surface area (Å²) < 4.78 is 5.23. The van der Waals surface area contributed by atoms with Crippen molar-refractivity contribution < 1.29 is 14.3 Å². The number of aromatic nitrogens is 1. The maximum atomic E-state index is 11.3. The van der Waals surface area contributed by atoms with Crippen molar-refractivity contribution in [2.45, 2.75) is 6.92 Å². The third-order valence-electron chi connectivity index (χ3n) is 3.30. The van der Waals surface area contributed by atoms with Crippen LogP contribution in [0.15, 0.2) is 34.9 Å². The molecule has 0 radical (unpaired) electrons. The number of furan rings is 1. The number of halogens is 1. The van der Waals surface area contributed by atoms with Gasteiger partial charge in [0, 0.05) is 16.6 Å². The van der Waals surface area contributed by atoms with Gasteiger partial charge in [0.05, 0.1) is 22.2 Å². The third-order valence-corrected chi connectivity index (χ3v) is 3.61. The highest BCUT2D eigenvalue weighted by Gasteiger charge is 2.25. The Kier molecular flexibility index (Phi) is 3.45. The zero-order valence-electron chi connectivity index (χ0n) is 11.6. The first kappa shape index (κ1) is 14.9. The molecular formula is C14H8ClN3O5. The first-order valence-electron chi connectivity index (χ1n) is 6.36. The third kappa shape index (κ3) is 2.38. The molecule has 0 saturated heterocycles. The molecule has 0 atom stereocenters. The van der Waals surface area contributed by atoms with Gasteiger partial charge in [0.25, 0.3) is 0 Å². The molecule has 8 nitrogen and oxygen atoms in total. The van der Waals surface area contributed by atoms with E-state index in [1.54, 1.807) is 13.0 Å². The first-order valence-corrected chi connectivity index (χ1v) is 6.74. The molecule has 0 aliphatic heterocycles. The maximum Gasteiger partial charge on any atom is 0.315 e. The molecule has 9 heteroatoms. The number of hydrogen-bond acceptors (Lipinski definition) is 6. The average Bonchev–Trinajstić information content (AvgIpc) is 2.94. The molecule has 0 aliphatic rings. The molecule has 0 fully saturated rings. The maximum absolute atomic E-state index is 11.3. The summed E-state index contributed by atoms with van der Waals surface area (Å²) in [5.41, 5.74) is 0.286. The molecule has 0 bridgehead atoms. The molecule has 0 N–H and O–H groups in total. The van der Waals surface area contributed by atoms with Crippen LogP contribution in [0.25, 0.3) is 22.2 Å². The summed E-state index contributed by atoms with van der Waals surface area (Å²) in [7, 11) is 0. The van der Waals surface area contributed by atoms with Gasteiger partial charge in [-0.3, -0.25) is 20.2 Å². The summed E-state index contributed by atoms with van der Waals surface area (Å²) in [6, 6.07) is 5.68. The number of fused-ring (bicyclic) bond motifs is 1. The van der Waals surface area contributed by atoms with Crippen molar-refractivity contribution in [2.75, 3.05) is 0 Å². The van der Waals surface area contributed by atoms with Gasteiger partial charge < -0.3 is 4.42 Å². The van der Waals surface area contributed by atoms with E-state index < -0.39 is 9.85 Å². The van der Waals surface area contributed by atoms with Crippen LogP contribution in [0.2, 0.25) is 5.02 Å². The van der Waals surface area contributed by atoms with E-state index >= 15 is 0 Å². The van der Waals surface area contributed by atoms with Crippen molar-refractivity contribution in [1.82, 2.24) is 4.98 Å². The van der Waals surface area contributed by atoms with Gasteiger partial charge in [-0.05, 0) is 19.1 Å². The predicted molar refractivity (Wildman–Crippen MR) is 82.5 cm³/mol. The number of nitro benzene ring substituents is 1. The van der Waals surface area contributed by atoms with Gasteiger partial charge in [-0.15, -0.1) is 0 Å². The second kappa shape index (κ2) is 5.33. The highest BCUT2D eigenvalue weighted by molar-refractivity contribution is 6.34. The van der Waals surface area contributed by atoms with Crippen LogP contribution in [0.3, 0.4) is 0 Å². The van der Waals surface area contributed by atoms with Gasteiger partial charge in [0.15, 0.2) is 5.52 Å². The van der Waals surface area contributed by atoms with Gasteiger partial charge in [-0.1, -0.05) is 17.7 Å². The molecule has 23 heavy (non-hydrogen) atoms. The van der Waals surface area contributed by atoms with E-state index in [1.807, 2.05) is 0 Å². The van der Waals surface area contributed by atoms with Gasteiger partial charge >= 0.3 is 11.4 Å². The van der Waals surface area contributed by atoms with E-state index in [0.29, 0.717) is 16.6 Å². The van der Waals surface area contributed by atoms with Crippen LogP contribution >= 0.6 is 11.6 Å². The van der Waals surface area contributed by atoms with E-state index in [9.17, 15) is 20.2 Å². The lowest BCUT2D eigenvalue weighted by atomic mass is 10.0. The Morgan fingerprint density at radius 3 is 2.57 bits per heavy atom. The zero-order chi connectivity index (χ0) is 16.7. The Hall–Kier alpha value is -3.00. The summed E-state index contributed by atoms with van der Waals surface area (Å²) in [6.07, 6.45) is 1.19. The van der Waals surface area contributed by atoms with Crippen LogP contribution < -0.4 is 0 Å². The number of hydrogen-bond donors (Lipinski definition) is 0. The van der Waals surface area contributed by atoms with Crippen LogP contribution in [0.4, 0.5) is 11.4 Å². The number of aryl methyl sites for hydroxylation is 1. The van der Waals surface area contributed by atoms with Gasteiger partial charge in [-0.25, -0.2) is 4.98 Å². The van der Waals surface area contributed by atoms with Crippen LogP contribution in [0.1, 0.15) is 5.69 Å². The Balaban J connectivity index is 2.43. The summed E-state index contributed by atoms with van der Waals surface area (Å²) >= 11 is 5.90. The largest absolute Gasteiger partial charge is 0.457 e. The first-order chi connectivity index (χ1) is 10.9. The lowest BCUT2D eigenvalue weighted by Gasteiger charge is -2.07. The molecule has 0 amide bonds. The number of nitro groups is 2. The Labute approximate surface area is 133 Å². The minimum absolute atomic E-state index is 0.0159. The monoisotopic (exact) mass is 333 g/mol. The Morgan fingerprint density at radius 1 is 1.17 bits per heavy atom. The summed E-state index contributed by atoms with van der Waals surface area (Å²) in [4.78, 5) is 25.3. The van der Waals surface area contributed by atoms with Crippen molar-refractivity contribution >= 4 is 33.9 Å². The van der Waals surface area contributed by atoms with Crippen molar-refractivity contribution in [1.29, 1.82) is 0 Å². The molecule has 2 heterocycles. The number of nitrogens with zero attached hydrogens (tertiary/aromatic N) is 3. The standard InChI is InChI=1S/C14H8ClN3O5/c1-7-6-9(14-11(17(19)20)4-5-23-14)8-2-3-10(15)13(18(21)22)12(8)16-7/h2-6H,1H3. The molecule has 0 aliphatic carbocycles. The lowest BCUT2D eigenvalue weighted by molar-refractivity contribution is -0.384. The molecule has 1 aromatic carbocycles. The van der Waals surface area contributed by atoms with E-state index in [4.69, 9.17) is 16.0 Å². The van der Waals surface area contributed by atoms with Crippen LogP contribution in [-0.4, -0.2) is 14.8 Å². The molecule has 0 unspecified atom stereocenters. The van der Waals surface area contributed by atoms with Gasteiger partial charge in [0.2, 0.25) is 5.76 Å². The number of pyridine rings is 1. The number of rotatable bonds is 3. The number of benzene rings is 1. The molecule has 116 valence electrons. The molecule has 0 spiro atoms. The van der Waals surface area contributed by atoms with E-state index in [1.165, 1.54) is 24.5 Å². The smallest absolute Gasteiger partial charge is 0.315 e. The normalized spacial score (nSPS) is 10.9. The quantitative estimate of drug-likeness (QED) is 0.522. The van der Waals surface area contributed by atoms with Gasteiger partial charge in [-0.2, -0.15) is 0 Å². The van der Waals surface area contributed by atoms with Crippen LogP contribution in [-0.2, 0) is 0 Å². The molecule has 3 rings (SSSR count). The van der Waals surface area contributed by atoms with E-state index in [0.717, 1.165) is 0 Å². The summed E-state index contributed by atoms with van der Waals surface area (Å²) in [5.74, 6) is 0.0159. The summed E-state index contributed by atoms with van der Waals surface area (Å²) in [5, 5.41) is 22.7. The second-order valence-electron chi connectivity index (χ2n) is 4.75. The average molecular weight is 334 g/mol. The highest BCUT2D eigenvalue weighted by Crippen LogP contribution is 2.40. The summed E-state index contributed by atoms with van der Waals surface area (Å²) in [6.45, 7) is 1.63. The Morgan fingerprint density at radius 2 is 1.91 bits per heavy atom. The second-order valence-corrected chi connectivity index (χ2v) is 5.16. The molecule has 0 saturated carbocycles. The predicted octanol–water partition coefficient (Wildman–Crippen LogP) is 4.27.